The van der Waals surface area contributed by atoms with Gasteiger partial charge in [0.1, 0.15) is 12.4 Å². The Morgan fingerprint density at radius 2 is 1.81 bits per heavy atom. The van der Waals surface area contributed by atoms with Gasteiger partial charge in [0, 0.05) is 21.4 Å². The third kappa shape index (κ3) is 6.32. The van der Waals surface area contributed by atoms with Gasteiger partial charge in [-0.25, -0.2) is 4.39 Å². The lowest BCUT2D eigenvalue weighted by Crippen LogP contribution is -2.40. The number of amides is 2. The standard InChI is InChI=1S/C17H14F4N2O2S/c18-13-4-2-1-3-12(13)14-7-5-11(26-14)6-8-15(24)22-9-16(25)23-10-17(19,20)21/h1-8H,9-10H2,(H,22,24)(H,23,25). The van der Waals surface area contributed by atoms with Crippen molar-refractivity contribution in [2.45, 2.75) is 6.18 Å². The largest absolute Gasteiger partial charge is 0.405 e. The van der Waals surface area contributed by atoms with Crippen molar-refractivity contribution in [2.24, 2.45) is 0 Å². The number of rotatable bonds is 6. The van der Waals surface area contributed by atoms with E-state index in [0.29, 0.717) is 15.3 Å². The molecule has 138 valence electrons. The maximum atomic E-state index is 13.7. The molecular formula is C17H14F4N2O2S. The number of hydrogen-bond donors (Lipinski definition) is 2. The average molecular weight is 386 g/mol. The molecular weight excluding hydrogens is 372 g/mol. The molecule has 0 fully saturated rings. The summed E-state index contributed by atoms with van der Waals surface area (Å²) in [5, 5.41) is 3.82. The summed E-state index contributed by atoms with van der Waals surface area (Å²) < 4.78 is 49.5. The van der Waals surface area contributed by atoms with Crippen LogP contribution >= 0.6 is 11.3 Å². The molecule has 0 saturated heterocycles. The zero-order chi connectivity index (χ0) is 19.2. The maximum absolute atomic E-state index is 13.7. The molecule has 0 aliphatic heterocycles. The Morgan fingerprint density at radius 1 is 1.08 bits per heavy atom. The van der Waals surface area contributed by atoms with Crippen LogP contribution in [0.2, 0.25) is 0 Å². The van der Waals surface area contributed by atoms with Crippen molar-refractivity contribution in [1.82, 2.24) is 10.6 Å². The molecule has 0 spiro atoms. The van der Waals surface area contributed by atoms with Crippen LogP contribution in [0.5, 0.6) is 0 Å². The number of carbonyl (C=O) groups is 2. The Bertz CT molecular complexity index is 815. The second-order valence-electron chi connectivity index (χ2n) is 5.12. The summed E-state index contributed by atoms with van der Waals surface area (Å²) in [6.07, 6.45) is -1.89. The lowest BCUT2D eigenvalue weighted by molar-refractivity contribution is -0.138. The van der Waals surface area contributed by atoms with E-state index in [2.05, 4.69) is 5.32 Å². The summed E-state index contributed by atoms with van der Waals surface area (Å²) in [5.74, 6) is -1.93. The minimum absolute atomic E-state index is 0.354. The van der Waals surface area contributed by atoms with Crippen LogP contribution in [0.1, 0.15) is 4.88 Å². The van der Waals surface area contributed by atoms with E-state index >= 15 is 0 Å². The van der Waals surface area contributed by atoms with Crippen LogP contribution in [0.15, 0.2) is 42.5 Å². The smallest absolute Gasteiger partial charge is 0.345 e. The van der Waals surface area contributed by atoms with Gasteiger partial charge < -0.3 is 10.6 Å². The SMILES string of the molecule is O=C(C=Cc1ccc(-c2ccccc2F)s1)NCC(=O)NCC(F)(F)F. The average Bonchev–Trinajstić information content (AvgIpc) is 3.05. The van der Waals surface area contributed by atoms with E-state index in [1.807, 2.05) is 0 Å². The molecule has 1 aromatic heterocycles. The van der Waals surface area contributed by atoms with E-state index in [1.165, 1.54) is 23.5 Å². The number of thiophene rings is 1. The van der Waals surface area contributed by atoms with Crippen LogP contribution < -0.4 is 10.6 Å². The first-order valence-corrected chi connectivity index (χ1v) is 8.20. The van der Waals surface area contributed by atoms with Crippen molar-refractivity contribution in [3.63, 3.8) is 0 Å². The molecule has 2 amide bonds. The summed E-state index contributed by atoms with van der Waals surface area (Å²) in [5.41, 5.74) is 0.447. The number of halogens is 4. The summed E-state index contributed by atoms with van der Waals surface area (Å²) in [7, 11) is 0. The first kappa shape index (κ1) is 19.6. The van der Waals surface area contributed by atoms with Gasteiger partial charge in [-0.2, -0.15) is 13.2 Å². The molecule has 26 heavy (non-hydrogen) atoms. The molecule has 0 bridgehead atoms. The number of nitrogens with one attached hydrogen (secondary N) is 2. The first-order valence-electron chi connectivity index (χ1n) is 7.39. The minimum Gasteiger partial charge on any atom is -0.345 e. The first-order chi connectivity index (χ1) is 12.2. The van der Waals surface area contributed by atoms with E-state index in [4.69, 9.17) is 0 Å². The van der Waals surface area contributed by atoms with Crippen LogP contribution in [-0.4, -0.2) is 31.1 Å². The molecule has 1 heterocycles. The Balaban J connectivity index is 1.85. The van der Waals surface area contributed by atoms with E-state index < -0.39 is 31.1 Å². The Labute approximate surface area is 150 Å². The quantitative estimate of drug-likeness (QED) is 0.591. The Hall–Kier alpha value is -2.68. The third-order valence-electron chi connectivity index (χ3n) is 3.07. The molecule has 0 aliphatic carbocycles. The molecule has 0 radical (unpaired) electrons. The zero-order valence-electron chi connectivity index (χ0n) is 13.3. The molecule has 0 unspecified atom stereocenters. The highest BCUT2D eigenvalue weighted by Gasteiger charge is 2.27. The predicted octanol–water partition coefficient (Wildman–Crippen LogP) is 3.36. The fourth-order valence-corrected chi connectivity index (χ4v) is 2.83. The molecule has 4 nitrogen and oxygen atoms in total. The Morgan fingerprint density at radius 3 is 2.50 bits per heavy atom. The third-order valence-corrected chi connectivity index (χ3v) is 4.16. The maximum Gasteiger partial charge on any atom is 0.405 e. The molecule has 0 atom stereocenters. The van der Waals surface area contributed by atoms with Gasteiger partial charge in [0.2, 0.25) is 11.8 Å². The number of carbonyl (C=O) groups excluding carboxylic acids is 2. The van der Waals surface area contributed by atoms with Gasteiger partial charge in [0.25, 0.3) is 0 Å². The monoisotopic (exact) mass is 386 g/mol. The van der Waals surface area contributed by atoms with E-state index in [0.717, 1.165) is 6.08 Å². The van der Waals surface area contributed by atoms with Gasteiger partial charge in [0.15, 0.2) is 0 Å². The van der Waals surface area contributed by atoms with E-state index in [-0.39, 0.29) is 5.82 Å². The normalized spacial score (nSPS) is 11.5. The zero-order valence-corrected chi connectivity index (χ0v) is 14.1. The number of alkyl halides is 3. The van der Waals surface area contributed by atoms with Gasteiger partial charge in [0.05, 0.1) is 6.54 Å². The molecule has 0 aliphatic rings. The molecule has 2 N–H and O–H groups in total. The summed E-state index contributed by atoms with van der Waals surface area (Å²) in [4.78, 5) is 24.1. The molecule has 2 aromatic rings. The lowest BCUT2D eigenvalue weighted by atomic mass is 10.2. The lowest BCUT2D eigenvalue weighted by Gasteiger charge is -2.08. The fraction of sp³-hybridized carbons (Fsp3) is 0.176. The van der Waals surface area contributed by atoms with E-state index in [1.54, 1.807) is 35.6 Å². The highest BCUT2D eigenvalue weighted by atomic mass is 32.1. The molecule has 0 saturated carbocycles. The van der Waals surface area contributed by atoms with Crippen LogP contribution in [0.3, 0.4) is 0 Å². The fourth-order valence-electron chi connectivity index (χ4n) is 1.89. The van der Waals surface area contributed by atoms with Gasteiger partial charge in [-0.05, 0) is 24.3 Å². The van der Waals surface area contributed by atoms with Crippen LogP contribution in [0, 0.1) is 5.82 Å². The van der Waals surface area contributed by atoms with Crippen molar-refractivity contribution in [2.75, 3.05) is 13.1 Å². The summed E-state index contributed by atoms with van der Waals surface area (Å²) in [6.45, 7) is -2.02. The van der Waals surface area contributed by atoms with Crippen molar-refractivity contribution < 1.29 is 27.2 Å². The Kier molecular flexibility index (Phi) is 6.51. The van der Waals surface area contributed by atoms with Gasteiger partial charge >= 0.3 is 6.18 Å². The van der Waals surface area contributed by atoms with Crippen molar-refractivity contribution >= 4 is 29.2 Å². The minimum atomic E-state index is -4.51. The van der Waals surface area contributed by atoms with Gasteiger partial charge in [-0.1, -0.05) is 18.2 Å². The van der Waals surface area contributed by atoms with Crippen molar-refractivity contribution in [1.29, 1.82) is 0 Å². The van der Waals surface area contributed by atoms with Crippen molar-refractivity contribution in [3.8, 4) is 10.4 Å². The number of hydrogen-bond acceptors (Lipinski definition) is 3. The van der Waals surface area contributed by atoms with Crippen LogP contribution in [0.25, 0.3) is 16.5 Å². The predicted molar refractivity (Wildman–Crippen MR) is 90.8 cm³/mol. The number of benzene rings is 1. The molecule has 1 aromatic carbocycles. The summed E-state index contributed by atoms with van der Waals surface area (Å²) >= 11 is 1.27. The van der Waals surface area contributed by atoms with Crippen molar-refractivity contribution in [3.05, 3.63) is 53.2 Å². The molecule has 2 rings (SSSR count). The van der Waals surface area contributed by atoms with Gasteiger partial charge in [-0.15, -0.1) is 11.3 Å². The second-order valence-corrected chi connectivity index (χ2v) is 6.24. The topological polar surface area (TPSA) is 58.2 Å². The van der Waals surface area contributed by atoms with Crippen LogP contribution in [-0.2, 0) is 9.59 Å². The summed E-state index contributed by atoms with van der Waals surface area (Å²) in [6, 6.07) is 9.70. The van der Waals surface area contributed by atoms with Gasteiger partial charge in [-0.3, -0.25) is 9.59 Å². The highest BCUT2D eigenvalue weighted by Crippen LogP contribution is 2.30. The highest BCUT2D eigenvalue weighted by molar-refractivity contribution is 7.16. The van der Waals surface area contributed by atoms with Crippen LogP contribution in [0.4, 0.5) is 17.6 Å². The molecule has 9 heteroatoms. The second kappa shape index (κ2) is 8.61. The van der Waals surface area contributed by atoms with E-state index in [9.17, 15) is 27.2 Å².